The fraction of sp³-hybridized carbons (Fsp3) is 0.167. The van der Waals surface area contributed by atoms with Crippen LogP contribution < -0.4 is 0 Å². The third-order valence-electron chi connectivity index (χ3n) is 0.888. The first-order valence-corrected chi connectivity index (χ1v) is 3.07. The van der Waals surface area contributed by atoms with Crippen molar-refractivity contribution in [3.8, 4) is 0 Å². The van der Waals surface area contributed by atoms with Gasteiger partial charge in [-0.1, -0.05) is 6.07 Å². The van der Waals surface area contributed by atoms with Gasteiger partial charge in [0.1, 0.15) is 0 Å². The molecule has 1 rings (SSSR count). The van der Waals surface area contributed by atoms with E-state index in [1.165, 1.54) is 0 Å². The Hall–Kier alpha value is -0.905. The summed E-state index contributed by atoms with van der Waals surface area (Å²) in [5.74, 6) is 0. The van der Waals surface area contributed by atoms with E-state index < -0.39 is 7.69 Å². The highest BCUT2D eigenvalue weighted by Gasteiger charge is 1.82. The quantitative estimate of drug-likeness (QED) is 0.446. The summed E-state index contributed by atoms with van der Waals surface area (Å²) in [4.78, 5) is 3.85. The van der Waals surface area contributed by atoms with Crippen molar-refractivity contribution < 1.29 is 15.2 Å². The van der Waals surface area contributed by atoms with Crippen LogP contribution in [-0.4, -0.2) is 27.8 Å². The number of nitrogens with zero attached hydrogens (tertiary/aromatic N) is 1. The molecule has 0 atom stereocenters. The first kappa shape index (κ1) is 10.1. The molecule has 0 aromatic carbocycles. The first-order chi connectivity index (χ1) is 5.35. The van der Waals surface area contributed by atoms with Gasteiger partial charge in [-0.2, -0.15) is 0 Å². The number of hydrogen-bond donors (Lipinski definition) is 3. The van der Waals surface area contributed by atoms with Crippen LogP contribution in [0.3, 0.4) is 0 Å². The molecule has 0 fully saturated rings. The third kappa shape index (κ3) is 5.53. The molecule has 1 heterocycles. The van der Waals surface area contributed by atoms with E-state index in [-0.39, 0.29) is 6.61 Å². The molecule has 0 aliphatic rings. The second-order valence-electron chi connectivity index (χ2n) is 1.62. The lowest BCUT2D eigenvalue weighted by Crippen LogP contribution is -1.84. The normalized spacial score (nSPS) is 7.91. The summed E-state index contributed by atoms with van der Waals surface area (Å²) in [6.45, 7) is 0.0286. The molecule has 1 aromatic heterocycles. The molecular weight excluding hydrogens is 145 g/mol. The fourth-order valence-corrected chi connectivity index (χ4v) is 0.492. The van der Waals surface area contributed by atoms with Gasteiger partial charge in [0, 0.05) is 6.20 Å². The summed E-state index contributed by atoms with van der Waals surface area (Å²) >= 11 is 0. The largest absolute Gasteiger partial charge is 0.432 e. The van der Waals surface area contributed by atoms with Crippen molar-refractivity contribution in [3.63, 3.8) is 0 Å². The molecule has 0 aliphatic carbocycles. The summed E-state index contributed by atoms with van der Waals surface area (Å²) in [5.41, 5.74) is 0.715. The van der Waals surface area contributed by atoms with E-state index in [9.17, 15) is 0 Å². The van der Waals surface area contributed by atoms with E-state index in [1.54, 1.807) is 12.3 Å². The number of aliphatic hydroxyl groups excluding tert-OH is 1. The van der Waals surface area contributed by atoms with Crippen LogP contribution in [0, 0.1) is 0 Å². The van der Waals surface area contributed by atoms with Crippen molar-refractivity contribution in [2.75, 3.05) is 0 Å². The fourth-order valence-electron chi connectivity index (χ4n) is 0.492. The topological polar surface area (TPSA) is 73.6 Å². The number of rotatable bonds is 1. The number of pyridine rings is 1. The number of aromatic nitrogens is 1. The van der Waals surface area contributed by atoms with Gasteiger partial charge in [0.05, 0.1) is 12.3 Å². The summed E-state index contributed by atoms with van der Waals surface area (Å²) in [6.07, 6.45) is 1.66. The maximum absolute atomic E-state index is 8.48. The molecule has 0 spiro atoms. The summed E-state index contributed by atoms with van der Waals surface area (Å²) in [7, 11) is -0.750. The van der Waals surface area contributed by atoms with E-state index in [1.807, 2.05) is 12.1 Å². The molecule has 0 aliphatic heterocycles. The molecule has 1 aromatic rings. The van der Waals surface area contributed by atoms with E-state index >= 15 is 0 Å². The van der Waals surface area contributed by atoms with Crippen LogP contribution >= 0.6 is 0 Å². The van der Waals surface area contributed by atoms with E-state index in [4.69, 9.17) is 15.2 Å². The third-order valence-corrected chi connectivity index (χ3v) is 0.888. The second-order valence-corrected chi connectivity index (χ2v) is 1.62. The minimum atomic E-state index is -0.750. The van der Waals surface area contributed by atoms with Gasteiger partial charge in [-0.3, -0.25) is 4.98 Å². The van der Waals surface area contributed by atoms with Crippen LogP contribution in [0.15, 0.2) is 24.4 Å². The van der Waals surface area contributed by atoms with Crippen LogP contribution in [0.1, 0.15) is 5.69 Å². The zero-order valence-electron chi connectivity index (χ0n) is 6.01. The predicted molar refractivity (Wildman–Crippen MR) is 41.7 cm³/mol. The van der Waals surface area contributed by atoms with Crippen molar-refractivity contribution >= 4 is 7.69 Å². The Kier molecular flexibility index (Phi) is 6.61. The zero-order chi connectivity index (χ0) is 8.53. The first-order valence-electron chi connectivity index (χ1n) is 3.07. The zero-order valence-corrected chi connectivity index (χ0v) is 6.01. The average Bonchev–Trinajstić information content (AvgIpc) is 2.08. The molecule has 11 heavy (non-hydrogen) atoms. The molecule has 3 N–H and O–H groups in total. The Labute approximate surface area is 65.5 Å². The standard InChI is InChI=1S/C6H7NO.BH3O2/c8-5-6-3-1-2-4-7-6;2-1-3/h1-4,8H,5H2;1-3H. The monoisotopic (exact) mass is 155 g/mol. The van der Waals surface area contributed by atoms with Crippen LogP contribution in [0.5, 0.6) is 0 Å². The van der Waals surface area contributed by atoms with Crippen LogP contribution in [0.2, 0.25) is 0 Å². The van der Waals surface area contributed by atoms with Gasteiger partial charge in [0.15, 0.2) is 0 Å². The lowest BCUT2D eigenvalue weighted by atomic mass is 10.4. The Balaban J connectivity index is 0.000000292. The highest BCUT2D eigenvalue weighted by Crippen LogP contribution is 1.89. The van der Waals surface area contributed by atoms with Crippen molar-refractivity contribution in [2.45, 2.75) is 6.61 Å². The SMILES string of the molecule is OBO.OCc1ccccn1. The molecule has 5 heteroatoms. The highest BCUT2D eigenvalue weighted by atomic mass is 16.4. The molecule has 4 nitrogen and oxygen atoms in total. The van der Waals surface area contributed by atoms with Crippen molar-refractivity contribution in [3.05, 3.63) is 30.1 Å². The summed E-state index contributed by atoms with van der Waals surface area (Å²) in [6, 6.07) is 5.44. The number of hydrogen-bond acceptors (Lipinski definition) is 4. The summed E-state index contributed by atoms with van der Waals surface area (Å²) in [5, 5.41) is 22.7. The maximum Gasteiger partial charge on any atom is 0.432 e. The Morgan fingerprint density at radius 2 is 2.00 bits per heavy atom. The highest BCUT2D eigenvalue weighted by molar-refractivity contribution is 6.13. The van der Waals surface area contributed by atoms with Gasteiger partial charge < -0.3 is 15.2 Å². The predicted octanol–water partition coefficient (Wildman–Crippen LogP) is -1.19. The molecule has 0 radical (unpaired) electrons. The number of aliphatic hydroxyl groups is 1. The lowest BCUT2D eigenvalue weighted by molar-refractivity contribution is 0.277. The van der Waals surface area contributed by atoms with Crippen molar-refractivity contribution in [1.82, 2.24) is 4.98 Å². The van der Waals surface area contributed by atoms with Gasteiger partial charge in [-0.25, -0.2) is 0 Å². The molecule has 0 saturated carbocycles. The van der Waals surface area contributed by atoms with Gasteiger partial charge in [-0.15, -0.1) is 0 Å². The lowest BCUT2D eigenvalue weighted by Gasteiger charge is -1.88. The Bertz CT molecular complexity index is 171. The smallest absolute Gasteiger partial charge is 0.430 e. The minimum Gasteiger partial charge on any atom is -0.430 e. The van der Waals surface area contributed by atoms with E-state index in [2.05, 4.69) is 4.98 Å². The van der Waals surface area contributed by atoms with Crippen LogP contribution in [-0.2, 0) is 6.61 Å². The van der Waals surface area contributed by atoms with Gasteiger partial charge in [0.2, 0.25) is 0 Å². The molecular formula is C6H10BNO3. The van der Waals surface area contributed by atoms with E-state index in [0.717, 1.165) is 0 Å². The maximum atomic E-state index is 8.48. The van der Waals surface area contributed by atoms with Gasteiger partial charge in [0.25, 0.3) is 0 Å². The van der Waals surface area contributed by atoms with Gasteiger partial charge >= 0.3 is 7.69 Å². The minimum absolute atomic E-state index is 0.0286. The summed E-state index contributed by atoms with van der Waals surface area (Å²) < 4.78 is 0. The van der Waals surface area contributed by atoms with Crippen LogP contribution in [0.25, 0.3) is 0 Å². The van der Waals surface area contributed by atoms with Crippen molar-refractivity contribution in [1.29, 1.82) is 0 Å². The Morgan fingerprint density at radius 1 is 1.36 bits per heavy atom. The molecule has 0 amide bonds. The van der Waals surface area contributed by atoms with Crippen LogP contribution in [0.4, 0.5) is 0 Å². The second kappa shape index (κ2) is 7.20. The molecule has 60 valence electrons. The average molecular weight is 155 g/mol. The molecule has 0 saturated heterocycles. The van der Waals surface area contributed by atoms with E-state index in [0.29, 0.717) is 5.69 Å². The molecule has 0 bridgehead atoms. The Morgan fingerprint density at radius 3 is 2.27 bits per heavy atom. The molecule has 0 unspecified atom stereocenters. The van der Waals surface area contributed by atoms with Crippen molar-refractivity contribution in [2.24, 2.45) is 0 Å². The van der Waals surface area contributed by atoms with Gasteiger partial charge in [-0.05, 0) is 12.1 Å².